The topological polar surface area (TPSA) is 17.1 Å². The van der Waals surface area contributed by atoms with Gasteiger partial charge in [-0.1, -0.05) is 15.9 Å². The van der Waals surface area contributed by atoms with Crippen LogP contribution in [0.3, 0.4) is 0 Å². The van der Waals surface area contributed by atoms with Crippen LogP contribution in [0.4, 0.5) is 13.2 Å². The van der Waals surface area contributed by atoms with E-state index in [1.165, 1.54) is 13.0 Å². The molecule has 0 aliphatic carbocycles. The van der Waals surface area contributed by atoms with Crippen molar-refractivity contribution in [3.05, 3.63) is 31.3 Å². The van der Waals surface area contributed by atoms with Gasteiger partial charge in [-0.25, -0.2) is 0 Å². The minimum Gasteiger partial charge on any atom is -0.294 e. The Labute approximate surface area is 106 Å². The Bertz CT molecular complexity index is 415. The summed E-state index contributed by atoms with van der Waals surface area (Å²) in [6.07, 6.45) is -4.41. The third-order valence-electron chi connectivity index (χ3n) is 1.74. The summed E-state index contributed by atoms with van der Waals surface area (Å²) < 4.78 is 37.5. The van der Waals surface area contributed by atoms with Gasteiger partial charge < -0.3 is 0 Å². The van der Waals surface area contributed by atoms with Crippen molar-refractivity contribution in [1.29, 1.82) is 0 Å². The van der Waals surface area contributed by atoms with Crippen molar-refractivity contribution in [2.75, 3.05) is 0 Å². The van der Waals surface area contributed by atoms with Crippen molar-refractivity contribution in [3.63, 3.8) is 0 Å². The first-order valence-corrected chi connectivity index (χ1v) is 5.68. The van der Waals surface area contributed by atoms with E-state index in [-0.39, 0.29) is 15.8 Å². The summed E-state index contributed by atoms with van der Waals surface area (Å²) in [5.74, 6) is -0.256. The molecule has 0 unspecified atom stereocenters. The molecule has 1 rings (SSSR count). The summed E-state index contributed by atoms with van der Waals surface area (Å²) in [7, 11) is 0. The molecule has 0 radical (unpaired) electrons. The second-order valence-electron chi connectivity index (χ2n) is 2.87. The lowest BCUT2D eigenvalue weighted by molar-refractivity contribution is -0.138. The second-order valence-corrected chi connectivity index (χ2v) is 4.88. The first-order chi connectivity index (χ1) is 6.73. The number of alkyl halides is 3. The fraction of sp³-hybridized carbons (Fsp3) is 0.222. The molecular weight excluding hydrogens is 388 g/mol. The molecule has 0 bridgehead atoms. The molecular formula is C9H5BrF3IO. The molecule has 0 amide bonds. The summed E-state index contributed by atoms with van der Waals surface area (Å²) in [6, 6.07) is 2.16. The number of carbonyl (C=O) groups is 1. The number of benzene rings is 1. The molecule has 15 heavy (non-hydrogen) atoms. The van der Waals surface area contributed by atoms with Gasteiger partial charge in [-0.05, 0) is 41.6 Å². The molecule has 0 saturated carbocycles. The Balaban J connectivity index is 3.39. The molecule has 0 aliphatic rings. The number of ketones is 1. The third kappa shape index (κ3) is 2.93. The van der Waals surface area contributed by atoms with Crippen LogP contribution in [0.25, 0.3) is 0 Å². The van der Waals surface area contributed by atoms with Crippen LogP contribution in [-0.4, -0.2) is 5.78 Å². The predicted molar refractivity (Wildman–Crippen MR) is 61.9 cm³/mol. The highest BCUT2D eigenvalue weighted by Gasteiger charge is 2.33. The van der Waals surface area contributed by atoms with Crippen LogP contribution in [0.2, 0.25) is 0 Å². The summed E-state index contributed by atoms with van der Waals surface area (Å²) in [5, 5.41) is 0. The van der Waals surface area contributed by atoms with Gasteiger partial charge >= 0.3 is 6.18 Å². The Morgan fingerprint density at radius 2 is 1.93 bits per heavy atom. The normalized spacial score (nSPS) is 11.6. The maximum absolute atomic E-state index is 12.4. The zero-order valence-corrected chi connectivity index (χ0v) is 11.2. The maximum atomic E-state index is 12.4. The average Bonchev–Trinajstić information content (AvgIpc) is 2.06. The largest absolute Gasteiger partial charge is 0.417 e. The lowest BCUT2D eigenvalue weighted by Crippen LogP contribution is -2.08. The fourth-order valence-electron chi connectivity index (χ4n) is 1.03. The van der Waals surface area contributed by atoms with E-state index in [1.807, 2.05) is 0 Å². The molecule has 0 heterocycles. The smallest absolute Gasteiger partial charge is 0.294 e. The van der Waals surface area contributed by atoms with Crippen molar-refractivity contribution >= 4 is 44.3 Å². The average molecular weight is 393 g/mol. The van der Waals surface area contributed by atoms with Gasteiger partial charge in [0, 0.05) is 13.6 Å². The Hall–Kier alpha value is -0.110. The van der Waals surface area contributed by atoms with Crippen LogP contribution < -0.4 is 0 Å². The van der Waals surface area contributed by atoms with Gasteiger partial charge in [-0.3, -0.25) is 4.79 Å². The number of carbonyl (C=O) groups excluding carboxylic acids is 1. The van der Waals surface area contributed by atoms with Crippen molar-refractivity contribution in [2.24, 2.45) is 0 Å². The number of halogens is 5. The third-order valence-corrected chi connectivity index (χ3v) is 3.29. The quantitative estimate of drug-likeness (QED) is 0.515. The minimum absolute atomic E-state index is 0.111. The highest BCUT2D eigenvalue weighted by atomic mass is 127. The van der Waals surface area contributed by atoms with E-state index < -0.39 is 11.7 Å². The molecule has 1 aromatic carbocycles. The van der Waals surface area contributed by atoms with Crippen molar-refractivity contribution in [1.82, 2.24) is 0 Å². The van der Waals surface area contributed by atoms with E-state index >= 15 is 0 Å². The first kappa shape index (κ1) is 13.0. The number of Topliss-reactive ketones (excluding diaryl/α,β-unsaturated/α-hetero) is 1. The van der Waals surface area contributed by atoms with Gasteiger partial charge in [0.25, 0.3) is 0 Å². The Morgan fingerprint density at radius 1 is 1.40 bits per heavy atom. The molecule has 0 aromatic heterocycles. The molecule has 0 saturated heterocycles. The lowest BCUT2D eigenvalue weighted by Gasteiger charge is -2.11. The van der Waals surface area contributed by atoms with Crippen molar-refractivity contribution in [2.45, 2.75) is 13.1 Å². The van der Waals surface area contributed by atoms with Crippen LogP contribution in [0.15, 0.2) is 16.6 Å². The molecule has 0 N–H and O–H groups in total. The van der Waals surface area contributed by atoms with Crippen molar-refractivity contribution in [3.8, 4) is 0 Å². The maximum Gasteiger partial charge on any atom is 0.417 e. The summed E-state index contributed by atoms with van der Waals surface area (Å²) in [5.41, 5.74) is -0.479. The van der Waals surface area contributed by atoms with Crippen molar-refractivity contribution < 1.29 is 18.0 Å². The van der Waals surface area contributed by atoms with Crippen LogP contribution >= 0.6 is 38.5 Å². The molecule has 1 nitrogen and oxygen atoms in total. The minimum atomic E-state index is -4.41. The van der Waals surface area contributed by atoms with Gasteiger partial charge in [0.1, 0.15) is 0 Å². The van der Waals surface area contributed by atoms with Crippen LogP contribution in [-0.2, 0) is 6.18 Å². The second kappa shape index (κ2) is 4.40. The van der Waals surface area contributed by atoms with E-state index in [2.05, 4.69) is 15.9 Å². The molecule has 0 atom stereocenters. The highest BCUT2D eigenvalue weighted by molar-refractivity contribution is 14.1. The lowest BCUT2D eigenvalue weighted by atomic mass is 10.1. The molecule has 1 aromatic rings. The van der Waals surface area contributed by atoms with E-state index in [0.717, 1.165) is 6.07 Å². The molecule has 6 heteroatoms. The first-order valence-electron chi connectivity index (χ1n) is 3.80. The van der Waals surface area contributed by atoms with E-state index in [9.17, 15) is 18.0 Å². The fourth-order valence-corrected chi connectivity index (χ4v) is 2.45. The standard InChI is InChI=1S/C9H5BrF3IO/c1-4(15)5-2-7(10)6(3-8(5)14)9(11,12)13/h2-3H,1H3. The number of hydrogen-bond donors (Lipinski definition) is 0. The van der Waals surface area contributed by atoms with Crippen LogP contribution in [0.1, 0.15) is 22.8 Å². The molecule has 82 valence electrons. The zero-order chi connectivity index (χ0) is 11.8. The van der Waals surface area contributed by atoms with Gasteiger partial charge in [0.15, 0.2) is 5.78 Å². The summed E-state index contributed by atoms with van der Waals surface area (Å²) >= 11 is 4.53. The monoisotopic (exact) mass is 392 g/mol. The predicted octanol–water partition coefficient (Wildman–Crippen LogP) is 4.28. The van der Waals surface area contributed by atoms with E-state index in [4.69, 9.17) is 0 Å². The highest BCUT2D eigenvalue weighted by Crippen LogP contribution is 2.36. The molecule has 0 aliphatic heterocycles. The van der Waals surface area contributed by atoms with Crippen LogP contribution in [0, 0.1) is 3.57 Å². The van der Waals surface area contributed by atoms with Crippen LogP contribution in [0.5, 0.6) is 0 Å². The van der Waals surface area contributed by atoms with Gasteiger partial charge in [-0.2, -0.15) is 13.2 Å². The van der Waals surface area contributed by atoms with E-state index in [1.54, 1.807) is 22.6 Å². The number of hydrogen-bond acceptors (Lipinski definition) is 1. The SMILES string of the molecule is CC(=O)c1cc(Br)c(C(F)(F)F)cc1I. The van der Waals surface area contributed by atoms with Gasteiger partial charge in [0.05, 0.1) is 5.56 Å². The molecule has 0 fully saturated rings. The Kier molecular flexibility index (Phi) is 3.80. The van der Waals surface area contributed by atoms with Gasteiger partial charge in [-0.15, -0.1) is 0 Å². The molecule has 0 spiro atoms. The van der Waals surface area contributed by atoms with Gasteiger partial charge in [0.2, 0.25) is 0 Å². The summed E-state index contributed by atoms with van der Waals surface area (Å²) in [6.45, 7) is 1.32. The Morgan fingerprint density at radius 3 is 2.33 bits per heavy atom. The summed E-state index contributed by atoms with van der Waals surface area (Å²) in [4.78, 5) is 11.1. The van der Waals surface area contributed by atoms with E-state index in [0.29, 0.717) is 3.57 Å². The zero-order valence-electron chi connectivity index (χ0n) is 7.45. The number of rotatable bonds is 1.